The Kier molecular flexibility index (Phi) is 7.20. The summed E-state index contributed by atoms with van der Waals surface area (Å²) in [6.45, 7) is 1.82. The van der Waals surface area contributed by atoms with Gasteiger partial charge in [-0.05, 0) is 23.6 Å². The zero-order chi connectivity index (χ0) is 25.8. The van der Waals surface area contributed by atoms with Gasteiger partial charge in [0.05, 0.1) is 30.4 Å². The van der Waals surface area contributed by atoms with Gasteiger partial charge < -0.3 is 10.1 Å². The third kappa shape index (κ3) is 5.50. The number of hydrogen-bond donors (Lipinski definition) is 1. The minimum atomic E-state index is -0.413. The Morgan fingerprint density at radius 3 is 2.46 bits per heavy atom. The van der Waals surface area contributed by atoms with E-state index < -0.39 is 5.91 Å². The van der Waals surface area contributed by atoms with Crippen LogP contribution in [0.1, 0.15) is 12.6 Å². The van der Waals surface area contributed by atoms with Crippen LogP contribution in [-0.2, 0) is 27.3 Å². The zero-order valence-electron chi connectivity index (χ0n) is 19.8. The number of aromatic nitrogens is 3. The van der Waals surface area contributed by atoms with Gasteiger partial charge in [0.2, 0.25) is 5.91 Å². The first-order valence-corrected chi connectivity index (χ1v) is 13.3. The lowest BCUT2D eigenvalue weighted by molar-refractivity contribution is -0.142. The number of nitrogens with one attached hydrogen (secondary N) is 1. The summed E-state index contributed by atoms with van der Waals surface area (Å²) in [7, 11) is 0. The molecule has 0 aliphatic rings. The summed E-state index contributed by atoms with van der Waals surface area (Å²) in [5.74, 6) is -0.790. The van der Waals surface area contributed by atoms with Crippen molar-refractivity contribution in [1.29, 1.82) is 0 Å². The molecule has 5 rings (SSSR count). The normalized spacial score (nSPS) is 10.9. The van der Waals surface area contributed by atoms with E-state index in [4.69, 9.17) is 4.74 Å². The highest BCUT2D eigenvalue weighted by molar-refractivity contribution is 7.17. The van der Waals surface area contributed by atoms with E-state index in [0.29, 0.717) is 27.6 Å². The van der Waals surface area contributed by atoms with Crippen LogP contribution in [0.5, 0.6) is 0 Å². The molecule has 5 aromatic rings. The smallest absolute Gasteiger partial charge is 0.311 e. The van der Waals surface area contributed by atoms with Gasteiger partial charge in [0.1, 0.15) is 11.4 Å². The molecule has 2 aromatic carbocycles. The van der Waals surface area contributed by atoms with Crippen molar-refractivity contribution in [2.75, 3.05) is 11.9 Å². The Morgan fingerprint density at radius 2 is 1.70 bits per heavy atom. The van der Waals surface area contributed by atoms with Crippen molar-refractivity contribution in [3.63, 3.8) is 0 Å². The van der Waals surface area contributed by atoms with E-state index in [1.54, 1.807) is 12.3 Å². The highest BCUT2D eigenvalue weighted by atomic mass is 32.1. The van der Waals surface area contributed by atoms with Crippen molar-refractivity contribution in [2.45, 2.75) is 19.9 Å². The van der Waals surface area contributed by atoms with Crippen LogP contribution in [0.2, 0.25) is 0 Å². The number of esters is 1. The van der Waals surface area contributed by atoms with Crippen LogP contribution in [-0.4, -0.2) is 33.0 Å². The topological polar surface area (TPSA) is 103 Å². The molecular weight excluding hydrogens is 508 g/mol. The number of rotatable bonds is 8. The Labute approximate surface area is 220 Å². The number of nitrogens with zero attached hydrogens (tertiary/aromatic N) is 3. The molecule has 1 amide bonds. The molecule has 3 aromatic heterocycles. The van der Waals surface area contributed by atoms with Gasteiger partial charge in [0, 0.05) is 16.3 Å². The van der Waals surface area contributed by atoms with Gasteiger partial charge in [-0.15, -0.1) is 22.7 Å². The van der Waals surface area contributed by atoms with E-state index in [9.17, 15) is 14.4 Å². The third-order valence-electron chi connectivity index (χ3n) is 5.61. The summed E-state index contributed by atoms with van der Waals surface area (Å²) in [5.41, 5.74) is 4.13. The van der Waals surface area contributed by atoms with Gasteiger partial charge >= 0.3 is 5.97 Å². The Balaban J connectivity index is 1.34. The first kappa shape index (κ1) is 24.5. The minimum Gasteiger partial charge on any atom is -0.466 e. The van der Waals surface area contributed by atoms with Gasteiger partial charge in [-0.2, -0.15) is 0 Å². The van der Waals surface area contributed by atoms with Gasteiger partial charge in [0.25, 0.3) is 5.56 Å². The quantitative estimate of drug-likeness (QED) is 0.284. The number of anilines is 1. The predicted molar refractivity (Wildman–Crippen MR) is 146 cm³/mol. The highest BCUT2D eigenvalue weighted by Crippen LogP contribution is 2.32. The minimum absolute atomic E-state index is 0.0352. The predicted octanol–water partition coefficient (Wildman–Crippen LogP) is 4.99. The standard InChI is InChI=1S/C27H22N4O4S2/c1-2-35-23(33)12-20-14-37-27(29-20)30-22(32)13-31-16-28-25-24(26(31)34)21(15-36-25)19-10-8-18(9-11-19)17-6-4-3-5-7-17/h3-11,14-16H,2,12-13H2,1H3,(H,29,30,32). The molecule has 37 heavy (non-hydrogen) atoms. The zero-order valence-corrected chi connectivity index (χ0v) is 21.5. The maximum Gasteiger partial charge on any atom is 0.311 e. The van der Waals surface area contributed by atoms with E-state index in [2.05, 4.69) is 27.4 Å². The summed E-state index contributed by atoms with van der Waals surface area (Å²) in [6.07, 6.45) is 1.42. The molecule has 0 aliphatic carbocycles. The van der Waals surface area contributed by atoms with E-state index >= 15 is 0 Å². The number of carbonyl (C=O) groups excluding carboxylic acids is 2. The molecule has 186 valence electrons. The van der Waals surface area contributed by atoms with Crippen molar-refractivity contribution in [3.05, 3.63) is 87.7 Å². The molecule has 0 aliphatic heterocycles. The maximum absolute atomic E-state index is 13.3. The Hall–Kier alpha value is -4.15. The molecule has 0 saturated carbocycles. The Morgan fingerprint density at radius 1 is 0.973 bits per heavy atom. The van der Waals surface area contributed by atoms with Crippen molar-refractivity contribution >= 4 is 49.9 Å². The summed E-state index contributed by atoms with van der Waals surface area (Å²) in [4.78, 5) is 46.9. The molecule has 0 radical (unpaired) electrons. The van der Waals surface area contributed by atoms with Crippen LogP contribution in [0.3, 0.4) is 0 Å². The molecule has 0 fully saturated rings. The van der Waals surface area contributed by atoms with Crippen molar-refractivity contribution < 1.29 is 14.3 Å². The maximum atomic E-state index is 13.3. The molecule has 0 saturated heterocycles. The number of thiazole rings is 1. The Bertz CT molecular complexity index is 1620. The van der Waals surface area contributed by atoms with Crippen molar-refractivity contribution in [2.24, 2.45) is 0 Å². The van der Waals surface area contributed by atoms with E-state index in [0.717, 1.165) is 22.3 Å². The molecule has 1 N–H and O–H groups in total. The van der Waals surface area contributed by atoms with Gasteiger partial charge in [-0.25, -0.2) is 9.97 Å². The number of hydrogen-bond acceptors (Lipinski definition) is 8. The average Bonchev–Trinajstić information content (AvgIpc) is 3.53. The van der Waals surface area contributed by atoms with Crippen molar-refractivity contribution in [1.82, 2.24) is 14.5 Å². The number of carbonyl (C=O) groups is 2. The third-order valence-corrected chi connectivity index (χ3v) is 7.30. The fraction of sp³-hybridized carbons (Fsp3) is 0.148. The summed E-state index contributed by atoms with van der Waals surface area (Å²) in [6, 6.07) is 18.1. The number of fused-ring (bicyclic) bond motifs is 1. The molecule has 8 nitrogen and oxygen atoms in total. The molecular formula is C27H22N4O4S2. The van der Waals surface area contributed by atoms with E-state index in [-0.39, 0.29) is 24.5 Å². The fourth-order valence-electron chi connectivity index (χ4n) is 3.88. The lowest BCUT2D eigenvalue weighted by Crippen LogP contribution is -2.27. The molecule has 0 unspecified atom stereocenters. The second-order valence-corrected chi connectivity index (χ2v) is 9.84. The largest absolute Gasteiger partial charge is 0.466 e. The molecule has 0 spiro atoms. The van der Waals surface area contributed by atoms with Crippen LogP contribution in [0, 0.1) is 0 Å². The van der Waals surface area contributed by atoms with Crippen LogP contribution < -0.4 is 10.9 Å². The monoisotopic (exact) mass is 530 g/mol. The molecule has 0 bridgehead atoms. The van der Waals surface area contributed by atoms with Crippen LogP contribution >= 0.6 is 22.7 Å². The fourth-order valence-corrected chi connectivity index (χ4v) is 5.52. The number of ether oxygens (including phenoxy) is 1. The molecule has 10 heteroatoms. The summed E-state index contributed by atoms with van der Waals surface area (Å²) >= 11 is 2.60. The number of benzene rings is 2. The molecule has 3 heterocycles. The summed E-state index contributed by atoms with van der Waals surface area (Å²) < 4.78 is 6.21. The number of thiophene rings is 1. The average molecular weight is 531 g/mol. The van der Waals surface area contributed by atoms with Gasteiger partial charge in [0.15, 0.2) is 5.13 Å². The second kappa shape index (κ2) is 10.9. The SMILES string of the molecule is CCOC(=O)Cc1csc(NC(=O)Cn2cnc3scc(-c4ccc(-c5ccccc5)cc4)c3c2=O)n1. The summed E-state index contributed by atoms with van der Waals surface area (Å²) in [5, 5.41) is 7.12. The van der Waals surface area contributed by atoms with E-state index in [1.165, 1.54) is 33.6 Å². The van der Waals surface area contributed by atoms with Crippen LogP contribution in [0.25, 0.3) is 32.5 Å². The van der Waals surface area contributed by atoms with Crippen LogP contribution in [0.15, 0.2) is 76.5 Å². The molecule has 0 atom stereocenters. The lowest BCUT2D eigenvalue weighted by atomic mass is 10.0. The second-order valence-electron chi connectivity index (χ2n) is 8.12. The van der Waals surface area contributed by atoms with Gasteiger partial charge in [-0.1, -0.05) is 54.6 Å². The first-order chi connectivity index (χ1) is 18.0. The van der Waals surface area contributed by atoms with Crippen molar-refractivity contribution in [3.8, 4) is 22.3 Å². The number of amides is 1. The van der Waals surface area contributed by atoms with E-state index in [1.807, 2.05) is 47.8 Å². The highest BCUT2D eigenvalue weighted by Gasteiger charge is 2.16. The van der Waals surface area contributed by atoms with Crippen LogP contribution in [0.4, 0.5) is 5.13 Å². The first-order valence-electron chi connectivity index (χ1n) is 11.5. The lowest BCUT2D eigenvalue weighted by Gasteiger charge is -2.07. The van der Waals surface area contributed by atoms with Gasteiger partial charge in [-0.3, -0.25) is 19.0 Å².